The van der Waals surface area contributed by atoms with E-state index in [0.29, 0.717) is 12.4 Å². The lowest BCUT2D eigenvalue weighted by molar-refractivity contribution is 0.311. The number of hydrogen-bond donors (Lipinski definition) is 3. The second-order valence-corrected chi connectivity index (χ2v) is 4.29. The molecule has 102 valence electrons. The van der Waals surface area contributed by atoms with Crippen LogP contribution in [0.25, 0.3) is 0 Å². The van der Waals surface area contributed by atoms with Crippen LogP contribution in [0.5, 0.6) is 0 Å². The third-order valence-electron chi connectivity index (χ3n) is 2.80. The molecule has 3 N–H and O–H groups in total. The summed E-state index contributed by atoms with van der Waals surface area (Å²) < 4.78 is 0. The fraction of sp³-hybridized carbons (Fsp3) is 0.417. The molecule has 2 heterocycles. The van der Waals surface area contributed by atoms with E-state index in [1.54, 1.807) is 0 Å². The number of aryl methyl sites for hydroxylation is 1. The topological polar surface area (TPSA) is 90.0 Å². The number of rotatable bonds is 6. The summed E-state index contributed by atoms with van der Waals surface area (Å²) in [6.07, 6.45) is 3.33. The van der Waals surface area contributed by atoms with Gasteiger partial charge in [0.2, 0.25) is 0 Å². The van der Waals surface area contributed by atoms with Crippen molar-refractivity contribution >= 4 is 11.6 Å². The maximum Gasteiger partial charge on any atom is 0.134 e. The van der Waals surface area contributed by atoms with Gasteiger partial charge in [0.05, 0.1) is 12.8 Å². The van der Waals surface area contributed by atoms with Crippen LogP contribution in [-0.4, -0.2) is 45.5 Å². The zero-order valence-electron chi connectivity index (χ0n) is 11.1. The number of anilines is 2. The van der Waals surface area contributed by atoms with Crippen LogP contribution in [0.3, 0.4) is 0 Å². The van der Waals surface area contributed by atoms with E-state index >= 15 is 0 Å². The van der Waals surface area contributed by atoms with E-state index in [1.165, 1.54) is 6.33 Å². The molecule has 7 heteroatoms. The molecule has 0 saturated heterocycles. The molecule has 2 aromatic heterocycles. The van der Waals surface area contributed by atoms with Crippen LogP contribution in [0.1, 0.15) is 11.3 Å². The molecule has 0 spiro atoms. The highest BCUT2D eigenvalue weighted by atomic mass is 16.3. The largest absolute Gasteiger partial charge is 0.395 e. The number of aromatic amines is 1. The van der Waals surface area contributed by atoms with Crippen molar-refractivity contribution in [1.82, 2.24) is 20.2 Å². The summed E-state index contributed by atoms with van der Waals surface area (Å²) in [6, 6.07) is 1.85. The van der Waals surface area contributed by atoms with Crippen molar-refractivity contribution in [3.8, 4) is 0 Å². The van der Waals surface area contributed by atoms with Crippen LogP contribution in [0.4, 0.5) is 11.6 Å². The molecule has 0 aromatic carbocycles. The summed E-state index contributed by atoms with van der Waals surface area (Å²) in [5, 5.41) is 18.7. The van der Waals surface area contributed by atoms with Crippen molar-refractivity contribution in [2.45, 2.75) is 13.5 Å². The van der Waals surface area contributed by atoms with Gasteiger partial charge in [-0.25, -0.2) is 9.97 Å². The predicted octanol–water partition coefficient (Wildman–Crippen LogP) is 0.549. The van der Waals surface area contributed by atoms with Gasteiger partial charge in [0, 0.05) is 37.5 Å². The lowest BCUT2D eigenvalue weighted by Gasteiger charge is -2.18. The van der Waals surface area contributed by atoms with Crippen LogP contribution < -0.4 is 10.2 Å². The first-order valence-corrected chi connectivity index (χ1v) is 6.07. The second kappa shape index (κ2) is 6.14. The molecule has 19 heavy (non-hydrogen) atoms. The van der Waals surface area contributed by atoms with Gasteiger partial charge in [0.1, 0.15) is 18.0 Å². The molecular weight excluding hydrogens is 244 g/mol. The molecule has 0 fully saturated rings. The quantitative estimate of drug-likeness (QED) is 0.704. The van der Waals surface area contributed by atoms with E-state index < -0.39 is 0 Å². The maximum atomic E-state index is 8.78. The number of aliphatic hydroxyl groups is 1. The van der Waals surface area contributed by atoms with Gasteiger partial charge in [-0.15, -0.1) is 0 Å². The average Bonchev–Trinajstić information content (AvgIpc) is 2.82. The third kappa shape index (κ3) is 3.41. The first kappa shape index (κ1) is 13.3. The summed E-state index contributed by atoms with van der Waals surface area (Å²) in [5.74, 6) is 1.52. The average molecular weight is 262 g/mol. The van der Waals surface area contributed by atoms with Crippen LogP contribution in [0, 0.1) is 6.92 Å². The first-order chi connectivity index (χ1) is 9.20. The van der Waals surface area contributed by atoms with Crippen molar-refractivity contribution in [3.05, 3.63) is 29.8 Å². The molecule has 0 amide bonds. The Kier molecular flexibility index (Phi) is 4.30. The number of H-pyrrole nitrogens is 1. The van der Waals surface area contributed by atoms with Gasteiger partial charge in [-0.2, -0.15) is 5.10 Å². The SMILES string of the molecule is Cc1[nH]ncc1CN(C)c1cc(NCCO)ncn1. The monoisotopic (exact) mass is 262 g/mol. The maximum absolute atomic E-state index is 8.78. The standard InChI is InChI=1S/C12H18N6O/c1-9-10(6-16-17-9)7-18(2)12-5-11(13-3-4-19)14-8-15-12/h5-6,8,19H,3-4,7H2,1-2H3,(H,16,17)(H,13,14,15). The Morgan fingerprint density at radius 3 is 2.95 bits per heavy atom. The summed E-state index contributed by atoms with van der Waals surface area (Å²) in [4.78, 5) is 10.4. The van der Waals surface area contributed by atoms with Crippen molar-refractivity contribution in [2.24, 2.45) is 0 Å². The summed E-state index contributed by atoms with van der Waals surface area (Å²) >= 11 is 0. The summed E-state index contributed by atoms with van der Waals surface area (Å²) in [5.41, 5.74) is 2.19. The summed E-state index contributed by atoms with van der Waals surface area (Å²) in [6.45, 7) is 3.26. The molecule has 0 saturated carbocycles. The number of hydrogen-bond acceptors (Lipinski definition) is 6. The van der Waals surface area contributed by atoms with Crippen molar-refractivity contribution in [2.75, 3.05) is 30.4 Å². The highest BCUT2D eigenvalue weighted by Gasteiger charge is 2.08. The first-order valence-electron chi connectivity index (χ1n) is 6.07. The Morgan fingerprint density at radius 2 is 2.26 bits per heavy atom. The number of aromatic nitrogens is 4. The predicted molar refractivity (Wildman–Crippen MR) is 73.0 cm³/mol. The Morgan fingerprint density at radius 1 is 1.42 bits per heavy atom. The van der Waals surface area contributed by atoms with Crippen LogP contribution >= 0.6 is 0 Å². The molecule has 0 aliphatic rings. The zero-order valence-corrected chi connectivity index (χ0v) is 11.1. The second-order valence-electron chi connectivity index (χ2n) is 4.29. The Labute approximate surface area is 111 Å². The molecule has 0 radical (unpaired) electrons. The van der Waals surface area contributed by atoms with E-state index in [2.05, 4.69) is 25.5 Å². The van der Waals surface area contributed by atoms with Crippen molar-refractivity contribution in [3.63, 3.8) is 0 Å². The minimum absolute atomic E-state index is 0.0728. The van der Waals surface area contributed by atoms with Gasteiger partial charge >= 0.3 is 0 Å². The lowest BCUT2D eigenvalue weighted by atomic mass is 10.2. The van der Waals surface area contributed by atoms with Crippen LogP contribution in [-0.2, 0) is 6.54 Å². The molecule has 7 nitrogen and oxygen atoms in total. The van der Waals surface area contributed by atoms with Gasteiger partial charge in [-0.05, 0) is 6.92 Å². The normalized spacial score (nSPS) is 10.5. The van der Waals surface area contributed by atoms with Gasteiger partial charge < -0.3 is 15.3 Å². The van der Waals surface area contributed by atoms with Crippen molar-refractivity contribution in [1.29, 1.82) is 0 Å². The van der Waals surface area contributed by atoms with Gasteiger partial charge in [0.15, 0.2) is 0 Å². The van der Waals surface area contributed by atoms with E-state index in [9.17, 15) is 0 Å². The number of nitrogens with zero attached hydrogens (tertiary/aromatic N) is 4. The Hall–Kier alpha value is -2.15. The summed E-state index contributed by atoms with van der Waals surface area (Å²) in [7, 11) is 1.96. The van der Waals surface area contributed by atoms with Gasteiger partial charge in [-0.3, -0.25) is 5.10 Å². The number of aliphatic hydroxyl groups excluding tert-OH is 1. The number of nitrogens with one attached hydrogen (secondary N) is 2. The Balaban J connectivity index is 2.06. The van der Waals surface area contributed by atoms with Gasteiger partial charge in [0.25, 0.3) is 0 Å². The van der Waals surface area contributed by atoms with Gasteiger partial charge in [-0.1, -0.05) is 0 Å². The molecule has 0 atom stereocenters. The molecule has 0 aliphatic heterocycles. The van der Waals surface area contributed by atoms with E-state index in [4.69, 9.17) is 5.11 Å². The fourth-order valence-corrected chi connectivity index (χ4v) is 1.71. The van der Waals surface area contributed by atoms with E-state index in [1.807, 2.05) is 31.1 Å². The van der Waals surface area contributed by atoms with Crippen molar-refractivity contribution < 1.29 is 5.11 Å². The molecule has 2 aromatic rings. The molecule has 0 unspecified atom stereocenters. The molecule has 0 bridgehead atoms. The van der Waals surface area contributed by atoms with Crippen LogP contribution in [0.2, 0.25) is 0 Å². The van der Waals surface area contributed by atoms with E-state index in [0.717, 1.165) is 23.6 Å². The minimum atomic E-state index is 0.0728. The third-order valence-corrected chi connectivity index (χ3v) is 2.80. The smallest absolute Gasteiger partial charge is 0.134 e. The molecule has 2 rings (SSSR count). The lowest BCUT2D eigenvalue weighted by Crippen LogP contribution is -2.18. The zero-order chi connectivity index (χ0) is 13.7. The highest BCUT2D eigenvalue weighted by molar-refractivity contribution is 5.48. The minimum Gasteiger partial charge on any atom is -0.395 e. The van der Waals surface area contributed by atoms with Crippen LogP contribution in [0.15, 0.2) is 18.6 Å². The molecular formula is C12H18N6O. The molecule has 0 aliphatic carbocycles. The highest BCUT2D eigenvalue weighted by Crippen LogP contribution is 2.15. The fourth-order valence-electron chi connectivity index (χ4n) is 1.71. The Bertz CT molecular complexity index is 526. The van der Waals surface area contributed by atoms with E-state index in [-0.39, 0.29) is 6.61 Å².